The molecule has 2 heterocycles. The number of nitrogens with zero attached hydrogens (tertiary/aromatic N) is 3. The third kappa shape index (κ3) is 5.40. The molecule has 1 fully saturated rings. The first-order valence-corrected chi connectivity index (χ1v) is 10.1. The average Bonchev–Trinajstić information content (AvgIpc) is 2.67. The highest BCUT2D eigenvalue weighted by atomic mass is 79.9. The SMILES string of the molecule is CC(C(=O)Nc1cccc(Br)c1)N1CCN(c2ncc(C(F)(F)F)cc2Cl)CC1. The second-order valence-electron chi connectivity index (χ2n) is 6.73. The van der Waals surface area contributed by atoms with Gasteiger partial charge in [0.25, 0.3) is 0 Å². The molecule has 156 valence electrons. The van der Waals surface area contributed by atoms with Crippen LogP contribution in [0.5, 0.6) is 0 Å². The number of carbonyl (C=O) groups is 1. The summed E-state index contributed by atoms with van der Waals surface area (Å²) >= 11 is 9.40. The first-order chi connectivity index (χ1) is 13.6. The maximum Gasteiger partial charge on any atom is 0.417 e. The van der Waals surface area contributed by atoms with Crippen molar-refractivity contribution in [3.63, 3.8) is 0 Å². The summed E-state index contributed by atoms with van der Waals surface area (Å²) in [7, 11) is 0. The van der Waals surface area contributed by atoms with E-state index < -0.39 is 11.7 Å². The maximum absolute atomic E-state index is 12.8. The largest absolute Gasteiger partial charge is 0.417 e. The Bertz CT molecular complexity index is 888. The number of benzene rings is 1. The lowest BCUT2D eigenvalue weighted by Gasteiger charge is -2.38. The molecule has 1 amide bonds. The van der Waals surface area contributed by atoms with Gasteiger partial charge in [-0.15, -0.1) is 0 Å². The topological polar surface area (TPSA) is 48.5 Å². The quantitative estimate of drug-likeness (QED) is 0.676. The molecule has 1 unspecified atom stereocenters. The van der Waals surface area contributed by atoms with Gasteiger partial charge in [0.1, 0.15) is 5.82 Å². The minimum Gasteiger partial charge on any atom is -0.353 e. The lowest BCUT2D eigenvalue weighted by molar-refractivity contribution is -0.137. The van der Waals surface area contributed by atoms with Crippen LogP contribution < -0.4 is 10.2 Å². The maximum atomic E-state index is 12.8. The lowest BCUT2D eigenvalue weighted by Crippen LogP contribution is -2.53. The number of alkyl halides is 3. The van der Waals surface area contributed by atoms with Crippen LogP contribution in [0.4, 0.5) is 24.7 Å². The normalized spacial score (nSPS) is 16.6. The van der Waals surface area contributed by atoms with Crippen molar-refractivity contribution in [1.82, 2.24) is 9.88 Å². The van der Waals surface area contributed by atoms with Crippen molar-refractivity contribution >= 4 is 44.9 Å². The summed E-state index contributed by atoms with van der Waals surface area (Å²) in [5.41, 5.74) is -0.168. The first kappa shape index (κ1) is 21.9. The summed E-state index contributed by atoms with van der Waals surface area (Å²) in [5.74, 6) is 0.202. The highest BCUT2D eigenvalue weighted by Crippen LogP contribution is 2.33. The van der Waals surface area contributed by atoms with Crippen molar-refractivity contribution in [2.24, 2.45) is 0 Å². The summed E-state index contributed by atoms with van der Waals surface area (Å²) in [4.78, 5) is 20.3. The molecule has 0 radical (unpaired) electrons. The Labute approximate surface area is 180 Å². The number of piperazine rings is 1. The number of amides is 1. The zero-order chi connectivity index (χ0) is 21.2. The molecule has 29 heavy (non-hydrogen) atoms. The Kier molecular flexibility index (Phi) is 6.70. The number of halogens is 5. The molecular weight excluding hydrogens is 473 g/mol. The average molecular weight is 492 g/mol. The predicted molar refractivity (Wildman–Crippen MR) is 110 cm³/mol. The van der Waals surface area contributed by atoms with E-state index in [1.807, 2.05) is 41.0 Å². The summed E-state index contributed by atoms with van der Waals surface area (Å²) < 4.78 is 39.2. The highest BCUT2D eigenvalue weighted by Gasteiger charge is 2.33. The fourth-order valence-corrected chi connectivity index (χ4v) is 3.80. The molecule has 1 N–H and O–H groups in total. The molecule has 10 heteroatoms. The number of hydrogen-bond acceptors (Lipinski definition) is 4. The van der Waals surface area contributed by atoms with Gasteiger partial charge in [-0.2, -0.15) is 13.2 Å². The van der Waals surface area contributed by atoms with Gasteiger partial charge < -0.3 is 10.2 Å². The molecule has 1 aliphatic rings. The fraction of sp³-hybridized carbons (Fsp3) is 0.368. The van der Waals surface area contributed by atoms with Crippen molar-refractivity contribution in [2.45, 2.75) is 19.1 Å². The third-order valence-corrected chi connectivity index (χ3v) is 5.55. The Balaban J connectivity index is 1.59. The van der Waals surface area contributed by atoms with E-state index in [1.165, 1.54) is 0 Å². The van der Waals surface area contributed by atoms with Crippen LogP contribution in [0.1, 0.15) is 12.5 Å². The van der Waals surface area contributed by atoms with E-state index in [-0.39, 0.29) is 17.0 Å². The number of nitrogens with one attached hydrogen (secondary N) is 1. The van der Waals surface area contributed by atoms with Crippen LogP contribution in [0.25, 0.3) is 0 Å². The summed E-state index contributed by atoms with van der Waals surface area (Å²) in [6.45, 7) is 3.96. The first-order valence-electron chi connectivity index (χ1n) is 8.93. The molecule has 5 nitrogen and oxygen atoms in total. The van der Waals surface area contributed by atoms with Crippen molar-refractivity contribution in [2.75, 3.05) is 36.4 Å². The standard InChI is InChI=1S/C19H19BrClF3N4O/c1-12(18(29)26-15-4-2-3-14(20)10-15)27-5-7-28(8-6-27)17-16(21)9-13(11-25-17)19(22,23)24/h2-4,9-12H,5-8H2,1H3,(H,26,29). The summed E-state index contributed by atoms with van der Waals surface area (Å²) in [5, 5.41) is 2.85. The minimum absolute atomic E-state index is 0.0336. The van der Waals surface area contributed by atoms with Crippen molar-refractivity contribution in [3.05, 3.63) is 51.6 Å². The van der Waals surface area contributed by atoms with Crippen LogP contribution in [-0.4, -0.2) is 48.0 Å². The molecule has 0 saturated carbocycles. The molecule has 3 rings (SSSR count). The van der Waals surface area contributed by atoms with Crippen molar-refractivity contribution in [3.8, 4) is 0 Å². The lowest BCUT2D eigenvalue weighted by atomic mass is 10.2. The van der Waals surface area contributed by atoms with Crippen LogP contribution in [0.15, 0.2) is 41.0 Å². The Hall–Kier alpha value is -1.84. The van der Waals surface area contributed by atoms with Gasteiger partial charge in [-0.05, 0) is 31.2 Å². The van der Waals surface area contributed by atoms with Gasteiger partial charge in [-0.1, -0.05) is 33.6 Å². The smallest absolute Gasteiger partial charge is 0.353 e. The van der Waals surface area contributed by atoms with E-state index in [2.05, 4.69) is 26.2 Å². The summed E-state index contributed by atoms with van der Waals surface area (Å²) in [6.07, 6.45) is -3.69. The fourth-order valence-electron chi connectivity index (χ4n) is 3.12. The molecular formula is C19H19BrClF3N4O. The Morgan fingerprint density at radius 3 is 2.52 bits per heavy atom. The second kappa shape index (κ2) is 8.89. The highest BCUT2D eigenvalue weighted by molar-refractivity contribution is 9.10. The zero-order valence-electron chi connectivity index (χ0n) is 15.5. The molecule has 0 bridgehead atoms. The molecule has 0 spiro atoms. The predicted octanol–water partition coefficient (Wildman–Crippen LogP) is 4.67. The minimum atomic E-state index is -4.48. The molecule has 1 aromatic carbocycles. The van der Waals surface area contributed by atoms with Gasteiger partial charge in [0, 0.05) is 42.5 Å². The Morgan fingerprint density at radius 1 is 1.24 bits per heavy atom. The number of hydrogen-bond donors (Lipinski definition) is 1. The van der Waals surface area contributed by atoms with Gasteiger partial charge in [0.15, 0.2) is 0 Å². The van der Waals surface area contributed by atoms with E-state index in [4.69, 9.17) is 11.6 Å². The van der Waals surface area contributed by atoms with Crippen molar-refractivity contribution in [1.29, 1.82) is 0 Å². The molecule has 0 aliphatic carbocycles. The van der Waals surface area contributed by atoms with Gasteiger partial charge in [0.2, 0.25) is 5.91 Å². The van der Waals surface area contributed by atoms with Crippen LogP contribution in [-0.2, 0) is 11.0 Å². The number of pyridine rings is 1. The van der Waals surface area contributed by atoms with Crippen LogP contribution >= 0.6 is 27.5 Å². The number of aromatic nitrogens is 1. The van der Waals surface area contributed by atoms with Crippen LogP contribution in [0.2, 0.25) is 5.02 Å². The molecule has 2 aromatic rings. The molecule has 1 atom stereocenters. The van der Waals surface area contributed by atoms with E-state index in [9.17, 15) is 18.0 Å². The Morgan fingerprint density at radius 2 is 1.93 bits per heavy atom. The molecule has 1 aromatic heterocycles. The van der Waals surface area contributed by atoms with Crippen LogP contribution in [0.3, 0.4) is 0 Å². The van der Waals surface area contributed by atoms with Gasteiger partial charge in [-0.25, -0.2) is 4.98 Å². The molecule has 1 saturated heterocycles. The zero-order valence-corrected chi connectivity index (χ0v) is 17.9. The number of carbonyl (C=O) groups excluding carboxylic acids is 1. The van der Waals surface area contributed by atoms with Crippen LogP contribution in [0, 0.1) is 0 Å². The van der Waals surface area contributed by atoms with E-state index in [0.29, 0.717) is 37.7 Å². The van der Waals surface area contributed by atoms with Gasteiger partial charge in [-0.3, -0.25) is 9.69 Å². The van der Waals surface area contributed by atoms with Crippen molar-refractivity contribution < 1.29 is 18.0 Å². The van der Waals surface area contributed by atoms with E-state index in [1.54, 1.807) is 0 Å². The number of anilines is 2. The van der Waals surface area contributed by atoms with Gasteiger partial charge in [0.05, 0.1) is 16.6 Å². The second-order valence-corrected chi connectivity index (χ2v) is 8.05. The third-order valence-electron chi connectivity index (χ3n) is 4.78. The van der Waals surface area contributed by atoms with Gasteiger partial charge >= 0.3 is 6.18 Å². The molecule has 1 aliphatic heterocycles. The summed E-state index contributed by atoms with van der Waals surface area (Å²) in [6, 6.07) is 7.88. The van der Waals surface area contributed by atoms with E-state index in [0.717, 1.165) is 16.7 Å². The van der Waals surface area contributed by atoms with E-state index >= 15 is 0 Å². The monoisotopic (exact) mass is 490 g/mol. The number of rotatable bonds is 4.